The number of guanidine groups is 1. The number of amides is 1. The van der Waals surface area contributed by atoms with Crippen molar-refractivity contribution in [3.63, 3.8) is 0 Å². The van der Waals surface area contributed by atoms with Crippen LogP contribution in [-0.2, 0) is 17.8 Å². The molecule has 1 aromatic carbocycles. The van der Waals surface area contributed by atoms with Gasteiger partial charge in [0, 0.05) is 24.5 Å². The van der Waals surface area contributed by atoms with Crippen LogP contribution in [0.3, 0.4) is 0 Å². The van der Waals surface area contributed by atoms with E-state index >= 15 is 0 Å². The second kappa shape index (κ2) is 11.6. The molecule has 1 amide bonds. The topological polar surface area (TPSA) is 65.5 Å². The average molecular weight is 498 g/mol. The van der Waals surface area contributed by atoms with Crippen molar-refractivity contribution in [3.05, 3.63) is 35.4 Å². The van der Waals surface area contributed by atoms with Crippen molar-refractivity contribution in [2.75, 3.05) is 6.54 Å². The van der Waals surface area contributed by atoms with Gasteiger partial charge in [-0.15, -0.1) is 24.0 Å². The standard InChI is InChI=1S/C22H34N4O.HI/c1-3-16-8-5-6-9-18(16)15-24-22(23-4-2)26-20-11-7-10-17(14-20)21(27)25-19-12-13-19;/h5-6,8-9,17,19-20H,3-4,7,10-15H2,1-2H3,(H,25,27)(H2,23,24,26);1H. The number of halogens is 1. The summed E-state index contributed by atoms with van der Waals surface area (Å²) >= 11 is 0. The highest BCUT2D eigenvalue weighted by molar-refractivity contribution is 14.0. The summed E-state index contributed by atoms with van der Waals surface area (Å²) < 4.78 is 0. The number of benzene rings is 1. The second-order valence-corrected chi connectivity index (χ2v) is 7.81. The number of aryl methyl sites for hydroxylation is 1. The third kappa shape index (κ3) is 6.94. The Morgan fingerprint density at radius 1 is 1.04 bits per heavy atom. The van der Waals surface area contributed by atoms with E-state index in [0.29, 0.717) is 18.6 Å². The van der Waals surface area contributed by atoms with Gasteiger partial charge in [-0.1, -0.05) is 37.6 Å². The summed E-state index contributed by atoms with van der Waals surface area (Å²) in [4.78, 5) is 17.2. The van der Waals surface area contributed by atoms with Gasteiger partial charge in [0.25, 0.3) is 0 Å². The highest BCUT2D eigenvalue weighted by Gasteiger charge is 2.31. The zero-order valence-corrected chi connectivity index (χ0v) is 19.5. The van der Waals surface area contributed by atoms with E-state index in [1.54, 1.807) is 0 Å². The molecule has 0 spiro atoms. The van der Waals surface area contributed by atoms with E-state index in [0.717, 1.165) is 57.5 Å². The maximum Gasteiger partial charge on any atom is 0.223 e. The maximum atomic E-state index is 12.4. The molecule has 2 fully saturated rings. The first-order valence-electron chi connectivity index (χ1n) is 10.6. The highest BCUT2D eigenvalue weighted by Crippen LogP contribution is 2.26. The molecule has 2 saturated carbocycles. The zero-order chi connectivity index (χ0) is 19.1. The summed E-state index contributed by atoms with van der Waals surface area (Å²) in [6.45, 7) is 5.78. The van der Waals surface area contributed by atoms with Crippen LogP contribution in [0.2, 0.25) is 0 Å². The van der Waals surface area contributed by atoms with Gasteiger partial charge in [-0.2, -0.15) is 0 Å². The van der Waals surface area contributed by atoms with E-state index in [1.165, 1.54) is 11.1 Å². The van der Waals surface area contributed by atoms with Gasteiger partial charge in [-0.25, -0.2) is 4.99 Å². The molecule has 0 bridgehead atoms. The van der Waals surface area contributed by atoms with Gasteiger partial charge in [0.1, 0.15) is 0 Å². The number of carbonyl (C=O) groups is 1. The first kappa shape index (κ1) is 23.0. The first-order chi connectivity index (χ1) is 13.2. The number of hydrogen-bond acceptors (Lipinski definition) is 2. The first-order valence-corrected chi connectivity index (χ1v) is 10.6. The third-order valence-corrected chi connectivity index (χ3v) is 5.56. The smallest absolute Gasteiger partial charge is 0.223 e. The molecule has 0 heterocycles. The number of aliphatic imine (C=N–C) groups is 1. The predicted octanol–water partition coefficient (Wildman–Crippen LogP) is 3.76. The zero-order valence-electron chi connectivity index (χ0n) is 17.2. The van der Waals surface area contributed by atoms with E-state index < -0.39 is 0 Å². The minimum atomic E-state index is 0. The van der Waals surface area contributed by atoms with Crippen LogP contribution in [0.25, 0.3) is 0 Å². The number of carbonyl (C=O) groups excluding carboxylic acids is 1. The Labute approximate surface area is 186 Å². The summed E-state index contributed by atoms with van der Waals surface area (Å²) in [6, 6.07) is 9.26. The monoisotopic (exact) mass is 498 g/mol. The van der Waals surface area contributed by atoms with E-state index in [1.807, 2.05) is 0 Å². The Hall–Kier alpha value is -1.31. The number of hydrogen-bond donors (Lipinski definition) is 3. The summed E-state index contributed by atoms with van der Waals surface area (Å²) in [7, 11) is 0. The van der Waals surface area contributed by atoms with Crippen molar-refractivity contribution in [1.82, 2.24) is 16.0 Å². The van der Waals surface area contributed by atoms with Gasteiger partial charge in [0.2, 0.25) is 5.91 Å². The molecule has 156 valence electrons. The number of nitrogens with zero attached hydrogens (tertiary/aromatic N) is 1. The van der Waals surface area contributed by atoms with E-state index in [2.05, 4.69) is 54.1 Å². The second-order valence-electron chi connectivity index (χ2n) is 7.81. The normalized spacial score (nSPS) is 22.1. The fraction of sp³-hybridized carbons (Fsp3) is 0.636. The molecular formula is C22H35IN4O. The molecular weight excluding hydrogens is 463 g/mol. The van der Waals surface area contributed by atoms with E-state index in [-0.39, 0.29) is 35.8 Å². The molecule has 28 heavy (non-hydrogen) atoms. The van der Waals surface area contributed by atoms with Crippen molar-refractivity contribution >= 4 is 35.8 Å². The highest BCUT2D eigenvalue weighted by atomic mass is 127. The molecule has 2 aliphatic rings. The molecule has 2 aliphatic carbocycles. The van der Waals surface area contributed by atoms with Crippen LogP contribution < -0.4 is 16.0 Å². The molecule has 2 unspecified atom stereocenters. The molecule has 5 nitrogen and oxygen atoms in total. The van der Waals surface area contributed by atoms with Gasteiger partial charge in [0.05, 0.1) is 6.54 Å². The minimum Gasteiger partial charge on any atom is -0.357 e. The van der Waals surface area contributed by atoms with Crippen molar-refractivity contribution in [1.29, 1.82) is 0 Å². The lowest BCUT2D eigenvalue weighted by molar-refractivity contribution is -0.126. The Kier molecular flexibility index (Phi) is 9.55. The molecule has 6 heteroatoms. The molecule has 2 atom stereocenters. The van der Waals surface area contributed by atoms with Crippen LogP contribution >= 0.6 is 24.0 Å². The van der Waals surface area contributed by atoms with Crippen LogP contribution in [0.5, 0.6) is 0 Å². The largest absolute Gasteiger partial charge is 0.357 e. The van der Waals surface area contributed by atoms with Crippen molar-refractivity contribution < 1.29 is 4.79 Å². The van der Waals surface area contributed by atoms with Gasteiger partial charge < -0.3 is 16.0 Å². The summed E-state index contributed by atoms with van der Waals surface area (Å²) in [5.41, 5.74) is 2.63. The summed E-state index contributed by atoms with van der Waals surface area (Å²) in [5.74, 6) is 1.25. The van der Waals surface area contributed by atoms with Crippen LogP contribution in [-0.4, -0.2) is 30.5 Å². The summed E-state index contributed by atoms with van der Waals surface area (Å²) in [6.07, 6.45) is 7.42. The maximum absolute atomic E-state index is 12.4. The van der Waals surface area contributed by atoms with Crippen molar-refractivity contribution in [3.8, 4) is 0 Å². The third-order valence-electron chi connectivity index (χ3n) is 5.56. The molecule has 3 rings (SSSR count). The quantitative estimate of drug-likeness (QED) is 0.305. The number of nitrogens with one attached hydrogen (secondary N) is 3. The Balaban J connectivity index is 0.00000280. The molecule has 0 aromatic heterocycles. The van der Waals surface area contributed by atoms with Gasteiger partial charge in [-0.05, 0) is 56.6 Å². The van der Waals surface area contributed by atoms with Gasteiger partial charge >= 0.3 is 0 Å². The molecule has 1 aromatic rings. The lowest BCUT2D eigenvalue weighted by Crippen LogP contribution is -2.47. The van der Waals surface area contributed by atoms with Gasteiger partial charge in [0.15, 0.2) is 5.96 Å². The van der Waals surface area contributed by atoms with Crippen LogP contribution in [0.4, 0.5) is 0 Å². The average Bonchev–Trinajstić information content (AvgIpc) is 3.50. The Bertz CT molecular complexity index is 660. The number of rotatable bonds is 7. The van der Waals surface area contributed by atoms with Crippen molar-refractivity contribution in [2.45, 2.75) is 77.4 Å². The Morgan fingerprint density at radius 2 is 1.79 bits per heavy atom. The van der Waals surface area contributed by atoms with E-state index in [4.69, 9.17) is 4.99 Å². The minimum absolute atomic E-state index is 0. The lowest BCUT2D eigenvalue weighted by Gasteiger charge is -2.30. The van der Waals surface area contributed by atoms with Gasteiger partial charge in [-0.3, -0.25) is 4.79 Å². The van der Waals surface area contributed by atoms with Crippen LogP contribution in [0.1, 0.15) is 63.5 Å². The SMILES string of the molecule is CCNC(=NCc1ccccc1CC)NC1CCCC(C(=O)NC2CC2)C1.I. The van der Waals surface area contributed by atoms with Crippen LogP contribution in [0, 0.1) is 5.92 Å². The summed E-state index contributed by atoms with van der Waals surface area (Å²) in [5, 5.41) is 10.1. The fourth-order valence-corrected chi connectivity index (χ4v) is 3.84. The Morgan fingerprint density at radius 3 is 2.46 bits per heavy atom. The molecule has 0 saturated heterocycles. The predicted molar refractivity (Wildman–Crippen MR) is 126 cm³/mol. The molecule has 0 radical (unpaired) electrons. The van der Waals surface area contributed by atoms with Crippen LogP contribution in [0.15, 0.2) is 29.3 Å². The van der Waals surface area contributed by atoms with E-state index in [9.17, 15) is 4.79 Å². The van der Waals surface area contributed by atoms with Crippen molar-refractivity contribution in [2.24, 2.45) is 10.9 Å². The molecule has 3 N–H and O–H groups in total. The lowest BCUT2D eigenvalue weighted by atomic mass is 9.85. The fourth-order valence-electron chi connectivity index (χ4n) is 3.84. The molecule has 0 aliphatic heterocycles.